The number of aryl methyl sites for hydroxylation is 2. The molecule has 0 radical (unpaired) electrons. The molecule has 3 nitrogen and oxygen atoms in total. The highest BCUT2D eigenvalue weighted by atomic mass is 16.1. The van der Waals surface area contributed by atoms with Crippen LogP contribution in [0.4, 0.5) is 0 Å². The molecule has 0 aliphatic carbocycles. The van der Waals surface area contributed by atoms with E-state index in [0.29, 0.717) is 0 Å². The number of hydrogen-bond acceptors (Lipinski definition) is 3. The fourth-order valence-corrected chi connectivity index (χ4v) is 0.958. The Labute approximate surface area is 78.9 Å². The molecule has 3 heteroatoms. The van der Waals surface area contributed by atoms with Crippen molar-refractivity contribution in [3.63, 3.8) is 0 Å². The number of hydrogen-bond donors (Lipinski definition) is 2. The second-order valence-electron chi connectivity index (χ2n) is 2.77. The van der Waals surface area contributed by atoms with Gasteiger partial charge in [-0.3, -0.25) is 16.1 Å². The number of benzene rings is 1. The fraction of sp³-hybridized carbons (Fsp3) is 0.300. The Morgan fingerprint density at radius 3 is 2.31 bits per heavy atom. The van der Waals surface area contributed by atoms with E-state index in [-0.39, 0.29) is 0 Å². The van der Waals surface area contributed by atoms with Gasteiger partial charge in [0, 0.05) is 5.56 Å². The summed E-state index contributed by atoms with van der Waals surface area (Å²) in [6.45, 7) is 3.96. The fourth-order valence-electron chi connectivity index (χ4n) is 0.958. The van der Waals surface area contributed by atoms with Gasteiger partial charge in [0.1, 0.15) is 6.29 Å². The van der Waals surface area contributed by atoms with Crippen molar-refractivity contribution in [2.24, 2.45) is 5.84 Å². The normalized spacial score (nSPS) is 8.62. The number of rotatable bonds is 1. The molecule has 0 unspecified atom stereocenters. The summed E-state index contributed by atoms with van der Waals surface area (Å²) in [6, 6.07) is 5.79. The van der Waals surface area contributed by atoms with E-state index in [1.54, 1.807) is 7.05 Å². The molecular formula is C10H16N2O. The maximum absolute atomic E-state index is 10.3. The van der Waals surface area contributed by atoms with E-state index < -0.39 is 0 Å². The van der Waals surface area contributed by atoms with Crippen molar-refractivity contribution in [1.82, 2.24) is 5.43 Å². The van der Waals surface area contributed by atoms with Gasteiger partial charge in [-0.1, -0.05) is 23.8 Å². The Balaban J connectivity index is 0.000000424. The number of hydrazine groups is 1. The van der Waals surface area contributed by atoms with Gasteiger partial charge in [-0.15, -0.1) is 0 Å². The van der Waals surface area contributed by atoms with Crippen LogP contribution in [-0.2, 0) is 0 Å². The number of nitrogens with one attached hydrogen (secondary N) is 1. The minimum atomic E-state index is 0.783. The van der Waals surface area contributed by atoms with Crippen LogP contribution >= 0.6 is 0 Å². The van der Waals surface area contributed by atoms with Gasteiger partial charge in [-0.2, -0.15) is 0 Å². The summed E-state index contributed by atoms with van der Waals surface area (Å²) in [4.78, 5) is 10.3. The van der Waals surface area contributed by atoms with Crippen LogP contribution in [0.2, 0.25) is 0 Å². The molecule has 0 atom stereocenters. The second-order valence-corrected chi connectivity index (χ2v) is 2.77. The van der Waals surface area contributed by atoms with Crippen LogP contribution in [0, 0.1) is 13.8 Å². The molecule has 0 saturated carbocycles. The van der Waals surface area contributed by atoms with E-state index in [2.05, 4.69) is 11.3 Å². The van der Waals surface area contributed by atoms with E-state index in [1.165, 1.54) is 5.56 Å². The van der Waals surface area contributed by atoms with Crippen LogP contribution in [0.5, 0.6) is 0 Å². The molecule has 0 amide bonds. The van der Waals surface area contributed by atoms with Gasteiger partial charge in [0.05, 0.1) is 0 Å². The van der Waals surface area contributed by atoms with Gasteiger partial charge in [0.15, 0.2) is 0 Å². The van der Waals surface area contributed by atoms with Gasteiger partial charge in [-0.05, 0) is 26.5 Å². The van der Waals surface area contributed by atoms with E-state index in [0.717, 1.165) is 17.4 Å². The van der Waals surface area contributed by atoms with Crippen molar-refractivity contribution in [3.05, 3.63) is 34.9 Å². The molecule has 0 aliphatic rings. The van der Waals surface area contributed by atoms with Crippen molar-refractivity contribution in [1.29, 1.82) is 0 Å². The summed E-state index contributed by atoms with van der Waals surface area (Å²) in [7, 11) is 1.65. The first-order valence-corrected chi connectivity index (χ1v) is 4.05. The summed E-state index contributed by atoms with van der Waals surface area (Å²) in [5.74, 6) is 4.60. The number of aldehydes is 1. The van der Waals surface area contributed by atoms with Crippen LogP contribution in [0.15, 0.2) is 18.2 Å². The number of carbonyl (C=O) groups is 1. The van der Waals surface area contributed by atoms with E-state index >= 15 is 0 Å². The molecule has 1 rings (SSSR count). The van der Waals surface area contributed by atoms with Gasteiger partial charge in [-0.25, -0.2) is 0 Å². The standard InChI is InChI=1S/C9H10O.CH6N2/c1-7-3-4-9(6-10)8(2)5-7;1-3-2/h3-6H,1-2H3;3H,2H2,1H3. The Morgan fingerprint density at radius 2 is 1.92 bits per heavy atom. The highest BCUT2D eigenvalue weighted by Crippen LogP contribution is 2.07. The third-order valence-electron chi connectivity index (χ3n) is 1.55. The maximum atomic E-state index is 10.3. The Morgan fingerprint density at radius 1 is 1.38 bits per heavy atom. The van der Waals surface area contributed by atoms with Crippen molar-refractivity contribution in [3.8, 4) is 0 Å². The Bertz CT molecular complexity index is 272. The van der Waals surface area contributed by atoms with Crippen LogP contribution in [0.25, 0.3) is 0 Å². The lowest BCUT2D eigenvalue weighted by Gasteiger charge is -1.97. The molecule has 0 aromatic heterocycles. The molecule has 0 saturated heterocycles. The molecule has 0 bridgehead atoms. The van der Waals surface area contributed by atoms with Crippen LogP contribution < -0.4 is 11.3 Å². The summed E-state index contributed by atoms with van der Waals surface area (Å²) < 4.78 is 0. The SMILES string of the molecule is CNN.Cc1ccc(C=O)c(C)c1. The third-order valence-corrected chi connectivity index (χ3v) is 1.55. The van der Waals surface area contributed by atoms with Crippen molar-refractivity contribution >= 4 is 6.29 Å². The summed E-state index contributed by atoms with van der Waals surface area (Å²) in [5.41, 5.74) is 5.28. The lowest BCUT2D eigenvalue weighted by atomic mass is 10.1. The van der Waals surface area contributed by atoms with Crippen molar-refractivity contribution in [2.75, 3.05) is 7.05 Å². The van der Waals surface area contributed by atoms with Gasteiger partial charge >= 0.3 is 0 Å². The van der Waals surface area contributed by atoms with E-state index in [4.69, 9.17) is 0 Å². The van der Waals surface area contributed by atoms with E-state index in [9.17, 15) is 4.79 Å². The molecule has 0 spiro atoms. The second kappa shape index (κ2) is 6.34. The molecule has 72 valence electrons. The molecule has 3 N–H and O–H groups in total. The zero-order valence-corrected chi connectivity index (χ0v) is 8.29. The summed E-state index contributed by atoms with van der Waals surface area (Å²) in [5, 5.41) is 0. The minimum Gasteiger partial charge on any atom is -0.298 e. The smallest absolute Gasteiger partial charge is 0.150 e. The summed E-state index contributed by atoms with van der Waals surface area (Å²) >= 11 is 0. The van der Waals surface area contributed by atoms with Gasteiger partial charge < -0.3 is 0 Å². The minimum absolute atomic E-state index is 0.783. The summed E-state index contributed by atoms with van der Waals surface area (Å²) in [6.07, 6.45) is 0.884. The third kappa shape index (κ3) is 4.40. The van der Waals surface area contributed by atoms with Crippen molar-refractivity contribution in [2.45, 2.75) is 13.8 Å². The first kappa shape index (κ1) is 11.8. The molecule has 13 heavy (non-hydrogen) atoms. The molecule has 1 aromatic rings. The Hall–Kier alpha value is -1.19. The monoisotopic (exact) mass is 180 g/mol. The Kier molecular flexibility index (Phi) is 5.76. The van der Waals surface area contributed by atoms with Gasteiger partial charge in [0.25, 0.3) is 0 Å². The number of carbonyl (C=O) groups excluding carboxylic acids is 1. The van der Waals surface area contributed by atoms with Crippen molar-refractivity contribution < 1.29 is 4.79 Å². The highest BCUT2D eigenvalue weighted by molar-refractivity contribution is 5.77. The zero-order chi connectivity index (χ0) is 10.3. The van der Waals surface area contributed by atoms with Crippen LogP contribution in [0.1, 0.15) is 21.5 Å². The predicted molar refractivity (Wildman–Crippen MR) is 54.6 cm³/mol. The predicted octanol–water partition coefficient (Wildman–Crippen LogP) is 1.20. The number of nitrogens with two attached hydrogens (primary N) is 1. The molecular weight excluding hydrogens is 164 g/mol. The largest absolute Gasteiger partial charge is 0.298 e. The topological polar surface area (TPSA) is 55.1 Å². The average molecular weight is 180 g/mol. The lowest BCUT2D eigenvalue weighted by Crippen LogP contribution is -2.13. The zero-order valence-electron chi connectivity index (χ0n) is 8.29. The first-order valence-electron chi connectivity index (χ1n) is 4.05. The lowest BCUT2D eigenvalue weighted by molar-refractivity contribution is 0.112. The molecule has 1 aromatic carbocycles. The highest BCUT2D eigenvalue weighted by Gasteiger charge is 1.93. The van der Waals surface area contributed by atoms with Crippen LogP contribution in [-0.4, -0.2) is 13.3 Å². The van der Waals surface area contributed by atoms with Gasteiger partial charge in [0.2, 0.25) is 0 Å². The molecule has 0 fully saturated rings. The molecule has 0 heterocycles. The first-order chi connectivity index (χ1) is 6.15. The average Bonchev–Trinajstić information content (AvgIpc) is 2.06. The quantitative estimate of drug-likeness (QED) is 0.388. The van der Waals surface area contributed by atoms with Crippen LogP contribution in [0.3, 0.4) is 0 Å². The maximum Gasteiger partial charge on any atom is 0.150 e. The van der Waals surface area contributed by atoms with E-state index in [1.807, 2.05) is 32.0 Å². The molecule has 0 aliphatic heterocycles.